The van der Waals surface area contributed by atoms with Gasteiger partial charge in [-0.05, 0) is 25.8 Å². The maximum atomic E-state index is 11.2. The molecule has 0 aromatic rings. The third kappa shape index (κ3) is 13.1. The molecule has 0 aliphatic heterocycles. The van der Waals surface area contributed by atoms with Crippen molar-refractivity contribution in [3.05, 3.63) is 0 Å². The fourth-order valence-electron chi connectivity index (χ4n) is 0.823. The highest BCUT2D eigenvalue weighted by Crippen LogP contribution is 2.07. The number of rotatable bonds is 8. The van der Waals surface area contributed by atoms with Gasteiger partial charge in [0.15, 0.2) is 31.9 Å². The molecular weight excluding hydrogens is 279 g/mol. The first-order valence-electron chi connectivity index (χ1n) is 4.39. The molecule has 4 nitrogen and oxygen atoms in total. The van der Waals surface area contributed by atoms with Gasteiger partial charge in [0, 0.05) is 6.54 Å². The van der Waals surface area contributed by atoms with Crippen LogP contribution < -0.4 is 11.5 Å². The zero-order valence-electron chi connectivity index (χ0n) is 8.55. The van der Waals surface area contributed by atoms with Gasteiger partial charge in [-0.3, -0.25) is 0 Å². The van der Waals surface area contributed by atoms with Crippen molar-refractivity contribution in [3.8, 4) is 0 Å². The van der Waals surface area contributed by atoms with Crippen LogP contribution in [0, 0.1) is 0 Å². The minimum atomic E-state index is -1.25. The van der Waals surface area contributed by atoms with Crippen LogP contribution in [0.5, 0.6) is 0 Å². The molecule has 0 saturated heterocycles. The topological polar surface area (TPSA) is 98.2 Å². The molecule has 96 valence electrons. The van der Waals surface area contributed by atoms with Gasteiger partial charge in [0.2, 0.25) is 0 Å². The van der Waals surface area contributed by atoms with Crippen LogP contribution in [0.15, 0.2) is 0 Å². The zero-order valence-corrected chi connectivity index (χ0v) is 11.8. The van der Waals surface area contributed by atoms with Gasteiger partial charge >= 0.3 is 0 Å². The molecule has 4 N–H and O–H groups in total. The molecule has 2 atom stereocenters. The lowest BCUT2D eigenvalue weighted by atomic mass is 10.2. The van der Waals surface area contributed by atoms with Crippen molar-refractivity contribution >= 4 is 45.2 Å². The average molecular weight is 299 g/mol. The van der Waals surface area contributed by atoms with Gasteiger partial charge in [0.1, 0.15) is 0 Å². The Morgan fingerprint density at radius 1 is 0.733 bits per heavy atom. The van der Waals surface area contributed by atoms with Gasteiger partial charge in [-0.2, -0.15) is 0 Å². The van der Waals surface area contributed by atoms with Crippen molar-refractivity contribution in [2.45, 2.75) is 19.3 Å². The summed E-state index contributed by atoms with van der Waals surface area (Å²) in [6.07, 6.45) is 2.74. The van der Waals surface area contributed by atoms with Crippen molar-refractivity contribution in [1.29, 1.82) is 0 Å². The second-order valence-corrected chi connectivity index (χ2v) is 6.92. The van der Waals surface area contributed by atoms with Gasteiger partial charge in [-0.15, -0.1) is 24.8 Å². The highest BCUT2D eigenvalue weighted by atomic mass is 35.5. The Balaban J connectivity index is -0.000000720. The minimum Gasteiger partial charge on any atom is -0.571 e. The minimum absolute atomic E-state index is 0. The highest BCUT2D eigenvalue weighted by Gasteiger charge is 2.22. The first-order valence-corrected chi connectivity index (χ1v) is 7.55. The summed E-state index contributed by atoms with van der Waals surface area (Å²) < 4.78 is 22.3. The lowest BCUT2D eigenvalue weighted by Crippen LogP contribution is -2.26. The Labute approximate surface area is 110 Å². The number of hydrogen-bond acceptors (Lipinski definition) is 4. The molecular formula is C7H20Cl2N2O2S2. The second-order valence-electron chi connectivity index (χ2n) is 2.65. The average Bonchev–Trinajstić information content (AvgIpc) is 2.12. The molecule has 0 spiro atoms. The fourth-order valence-corrected chi connectivity index (χ4v) is 3.58. The predicted molar refractivity (Wildman–Crippen MR) is 72.5 cm³/mol. The molecule has 0 radical (unpaired) electrons. The molecule has 2 unspecified atom stereocenters. The van der Waals surface area contributed by atoms with Gasteiger partial charge in [-0.1, -0.05) is 0 Å². The maximum Gasteiger partial charge on any atom is 0.171 e. The van der Waals surface area contributed by atoms with Crippen LogP contribution in [0.3, 0.4) is 0 Å². The molecule has 15 heavy (non-hydrogen) atoms. The van der Waals surface area contributed by atoms with Crippen molar-refractivity contribution in [3.63, 3.8) is 0 Å². The van der Waals surface area contributed by atoms with Gasteiger partial charge in [0.25, 0.3) is 0 Å². The van der Waals surface area contributed by atoms with E-state index in [9.17, 15) is 9.11 Å². The fraction of sp³-hybridized carbons (Fsp3) is 1.00. The molecule has 0 bridgehead atoms. The lowest BCUT2D eigenvalue weighted by molar-refractivity contribution is 0.579. The maximum absolute atomic E-state index is 11.2. The molecule has 0 rings (SSSR count). The van der Waals surface area contributed by atoms with E-state index in [1.54, 1.807) is 0 Å². The van der Waals surface area contributed by atoms with Crippen LogP contribution in [0.4, 0.5) is 0 Å². The smallest absolute Gasteiger partial charge is 0.171 e. The van der Waals surface area contributed by atoms with E-state index < -0.39 is 20.4 Å². The number of halogens is 2. The second kappa shape index (κ2) is 15.1. The third-order valence-corrected chi connectivity index (χ3v) is 5.36. The lowest BCUT2D eigenvalue weighted by Gasteiger charge is -2.11. The van der Waals surface area contributed by atoms with Crippen LogP contribution in [-0.2, 0) is 20.4 Å². The van der Waals surface area contributed by atoms with E-state index >= 15 is 0 Å². The van der Waals surface area contributed by atoms with Crippen LogP contribution >= 0.6 is 24.8 Å². The number of unbranched alkanes of at least 4 members (excludes halogenated alkanes) is 2. The predicted octanol–water partition coefficient (Wildman–Crippen LogP) is 0.330. The summed E-state index contributed by atoms with van der Waals surface area (Å²) in [5.74, 6) is 0.843. The normalized spacial score (nSPS) is 13.6. The van der Waals surface area contributed by atoms with E-state index in [1.807, 2.05) is 0 Å². The Morgan fingerprint density at radius 3 is 1.73 bits per heavy atom. The van der Waals surface area contributed by atoms with E-state index in [1.165, 1.54) is 0 Å². The Morgan fingerprint density at radius 2 is 1.27 bits per heavy atom. The Bertz CT molecular complexity index is 127. The van der Waals surface area contributed by atoms with E-state index in [4.69, 9.17) is 11.5 Å². The summed E-state index contributed by atoms with van der Waals surface area (Å²) >= 11 is 0. The monoisotopic (exact) mass is 298 g/mol. The first kappa shape index (κ1) is 21.4. The summed E-state index contributed by atoms with van der Waals surface area (Å²) in [6, 6.07) is 0. The van der Waals surface area contributed by atoms with Crippen molar-refractivity contribution in [2.24, 2.45) is 11.5 Å². The SMILES string of the molecule is Cl.Cl.NCCCCC[S+]([O-])[S+]([O-])CCN. The van der Waals surface area contributed by atoms with Crippen LogP contribution in [0.2, 0.25) is 0 Å². The first-order chi connectivity index (χ1) is 6.22. The van der Waals surface area contributed by atoms with Crippen molar-refractivity contribution in [2.75, 3.05) is 24.6 Å². The van der Waals surface area contributed by atoms with Crippen LogP contribution in [0.1, 0.15) is 19.3 Å². The van der Waals surface area contributed by atoms with E-state index in [-0.39, 0.29) is 24.8 Å². The molecule has 0 aromatic carbocycles. The van der Waals surface area contributed by atoms with E-state index in [0.717, 1.165) is 19.3 Å². The molecule has 8 heteroatoms. The molecule has 0 aliphatic rings. The summed E-state index contributed by atoms with van der Waals surface area (Å²) in [5, 5.41) is 0. The highest BCUT2D eigenvalue weighted by molar-refractivity contribution is 8.67. The largest absolute Gasteiger partial charge is 0.571 e. The van der Waals surface area contributed by atoms with Crippen LogP contribution in [0.25, 0.3) is 0 Å². The quantitative estimate of drug-likeness (QED) is 0.383. The van der Waals surface area contributed by atoms with Crippen molar-refractivity contribution < 1.29 is 9.11 Å². The summed E-state index contributed by atoms with van der Waals surface area (Å²) in [7, 11) is -2.47. The third-order valence-electron chi connectivity index (χ3n) is 1.51. The molecule has 0 saturated carbocycles. The summed E-state index contributed by atoms with van der Waals surface area (Å²) in [5.41, 5.74) is 10.5. The van der Waals surface area contributed by atoms with E-state index in [0.29, 0.717) is 24.6 Å². The van der Waals surface area contributed by atoms with Gasteiger partial charge in [0.05, 0.1) is 0 Å². The van der Waals surface area contributed by atoms with Crippen molar-refractivity contribution in [1.82, 2.24) is 0 Å². The Kier molecular flexibility index (Phi) is 21.6. The molecule has 0 amide bonds. The zero-order chi connectivity index (χ0) is 10.1. The Hall–Kier alpha value is 1.12. The standard InChI is InChI=1S/C7H18N2O2S2.2ClH/c8-4-2-1-3-6-12(10)13(11)7-5-9;;/h1-9H2;2*1H. The molecule has 0 aliphatic carbocycles. The number of hydrogen-bond donors (Lipinski definition) is 2. The summed E-state index contributed by atoms with van der Waals surface area (Å²) in [4.78, 5) is 0. The molecule has 0 heterocycles. The summed E-state index contributed by atoms with van der Waals surface area (Å²) in [6.45, 7) is 1.000. The van der Waals surface area contributed by atoms with E-state index in [2.05, 4.69) is 0 Å². The van der Waals surface area contributed by atoms with Crippen LogP contribution in [-0.4, -0.2) is 33.7 Å². The molecule has 0 fully saturated rings. The number of nitrogens with two attached hydrogens (primary N) is 2. The van der Waals surface area contributed by atoms with Gasteiger partial charge < -0.3 is 20.6 Å². The van der Waals surface area contributed by atoms with Gasteiger partial charge in [-0.25, -0.2) is 0 Å². The molecule has 0 aromatic heterocycles.